The molecule has 3 heterocycles. The van der Waals surface area contributed by atoms with Gasteiger partial charge in [0.05, 0.1) is 19.1 Å². The number of rotatable bonds is 4. The highest BCUT2D eigenvalue weighted by Crippen LogP contribution is 2.29. The van der Waals surface area contributed by atoms with E-state index in [1.165, 1.54) is 5.56 Å². The number of carbonyl (C=O) groups excluding carboxylic acids is 1. The highest BCUT2D eigenvalue weighted by Gasteiger charge is 2.29. The predicted octanol–water partition coefficient (Wildman–Crippen LogP) is 3.58. The Balaban J connectivity index is 1.45. The molecule has 0 aliphatic carbocycles. The molecule has 1 fully saturated rings. The molecule has 2 aromatic rings. The third-order valence-corrected chi connectivity index (χ3v) is 5.16. The van der Waals surface area contributed by atoms with Gasteiger partial charge in [-0.1, -0.05) is 26.0 Å². The van der Waals surface area contributed by atoms with Crippen LogP contribution in [0.25, 0.3) is 0 Å². The Morgan fingerprint density at radius 2 is 2.12 bits per heavy atom. The van der Waals surface area contributed by atoms with Crippen molar-refractivity contribution in [2.45, 2.75) is 45.6 Å². The van der Waals surface area contributed by atoms with Gasteiger partial charge in [0, 0.05) is 25.1 Å². The van der Waals surface area contributed by atoms with E-state index in [4.69, 9.17) is 9.15 Å². The van der Waals surface area contributed by atoms with Crippen molar-refractivity contribution in [3.8, 4) is 0 Å². The first-order valence-electron chi connectivity index (χ1n) is 9.54. The van der Waals surface area contributed by atoms with E-state index in [0.717, 1.165) is 48.8 Å². The van der Waals surface area contributed by atoms with Crippen LogP contribution in [0.3, 0.4) is 0 Å². The molecule has 0 saturated carbocycles. The minimum atomic E-state index is 0.0699. The molecule has 1 atom stereocenters. The van der Waals surface area contributed by atoms with E-state index < -0.39 is 0 Å². The van der Waals surface area contributed by atoms with Gasteiger partial charge in [0.25, 0.3) is 5.91 Å². The summed E-state index contributed by atoms with van der Waals surface area (Å²) in [5.74, 6) is 2.66. The summed E-state index contributed by atoms with van der Waals surface area (Å²) in [5.41, 5.74) is 2.93. The van der Waals surface area contributed by atoms with Gasteiger partial charge >= 0.3 is 0 Å². The van der Waals surface area contributed by atoms with Crippen LogP contribution in [-0.2, 0) is 24.1 Å². The van der Waals surface area contributed by atoms with Crippen LogP contribution in [0.5, 0.6) is 0 Å². The van der Waals surface area contributed by atoms with Gasteiger partial charge in [-0.2, -0.15) is 0 Å². The van der Waals surface area contributed by atoms with E-state index >= 15 is 0 Å². The van der Waals surface area contributed by atoms with Gasteiger partial charge in [0.2, 0.25) is 0 Å². The number of ether oxygens (including phenoxy) is 1. The summed E-state index contributed by atoms with van der Waals surface area (Å²) in [7, 11) is 0. The number of aromatic nitrogens is 1. The number of carbonyl (C=O) groups is 1. The first-order valence-corrected chi connectivity index (χ1v) is 9.54. The van der Waals surface area contributed by atoms with Crippen LogP contribution in [-0.4, -0.2) is 35.5 Å². The number of fused-ring (bicyclic) bond motifs is 1. The van der Waals surface area contributed by atoms with Crippen molar-refractivity contribution in [1.29, 1.82) is 0 Å². The Morgan fingerprint density at radius 3 is 2.81 bits per heavy atom. The molecule has 5 nitrogen and oxygen atoms in total. The van der Waals surface area contributed by atoms with Gasteiger partial charge in [-0.25, -0.2) is 4.98 Å². The van der Waals surface area contributed by atoms with Crippen LogP contribution >= 0.6 is 0 Å². The molecule has 1 aromatic carbocycles. The van der Waals surface area contributed by atoms with Crippen LogP contribution in [0.15, 0.2) is 28.7 Å². The lowest BCUT2D eigenvalue weighted by atomic mass is 10.0. The summed E-state index contributed by atoms with van der Waals surface area (Å²) in [5, 5.41) is 0. The molecule has 4 rings (SSSR count). The summed E-state index contributed by atoms with van der Waals surface area (Å²) >= 11 is 0. The van der Waals surface area contributed by atoms with Gasteiger partial charge in [-0.05, 0) is 36.5 Å². The Morgan fingerprint density at radius 1 is 1.31 bits per heavy atom. The fraction of sp³-hybridized carbons (Fsp3) is 0.524. The van der Waals surface area contributed by atoms with Crippen LogP contribution in [0, 0.1) is 5.92 Å². The van der Waals surface area contributed by atoms with Gasteiger partial charge in [0.1, 0.15) is 11.5 Å². The second kappa shape index (κ2) is 7.23. The maximum Gasteiger partial charge on any atom is 0.254 e. The molecular weight excluding hydrogens is 328 g/mol. The summed E-state index contributed by atoms with van der Waals surface area (Å²) in [4.78, 5) is 19.4. The van der Waals surface area contributed by atoms with Crippen molar-refractivity contribution in [2.24, 2.45) is 5.92 Å². The topological polar surface area (TPSA) is 55.6 Å². The van der Waals surface area contributed by atoms with E-state index in [2.05, 4.69) is 31.0 Å². The van der Waals surface area contributed by atoms with E-state index in [0.29, 0.717) is 25.6 Å². The third-order valence-electron chi connectivity index (χ3n) is 5.16. The standard InChI is InChI=1S/C21H26N2O3/c1-14(2)11-15-3-5-16(6-4-15)21(24)23-9-7-19-18(12-23)22-20(26-19)17-8-10-25-13-17/h3-6,14,17H,7-13H2,1-2H3. The average molecular weight is 354 g/mol. The Labute approximate surface area is 154 Å². The van der Waals surface area contributed by atoms with Crippen LogP contribution in [0.2, 0.25) is 0 Å². The first-order chi connectivity index (χ1) is 12.6. The molecule has 1 amide bonds. The highest BCUT2D eigenvalue weighted by atomic mass is 16.5. The van der Waals surface area contributed by atoms with Gasteiger partial charge in [-0.3, -0.25) is 4.79 Å². The number of oxazole rings is 1. The molecule has 1 aromatic heterocycles. The quantitative estimate of drug-likeness (QED) is 0.842. The molecule has 5 heteroatoms. The van der Waals surface area contributed by atoms with Crippen molar-refractivity contribution in [3.63, 3.8) is 0 Å². The number of hydrogen-bond donors (Lipinski definition) is 0. The van der Waals surface area contributed by atoms with Crippen molar-refractivity contribution in [1.82, 2.24) is 9.88 Å². The van der Waals surface area contributed by atoms with Crippen molar-refractivity contribution in [2.75, 3.05) is 19.8 Å². The fourth-order valence-corrected chi connectivity index (χ4v) is 3.73. The number of hydrogen-bond acceptors (Lipinski definition) is 4. The molecule has 0 bridgehead atoms. The van der Waals surface area contributed by atoms with Crippen LogP contribution < -0.4 is 0 Å². The minimum absolute atomic E-state index is 0.0699. The predicted molar refractivity (Wildman–Crippen MR) is 98.1 cm³/mol. The van der Waals surface area contributed by atoms with Crippen LogP contribution in [0.1, 0.15) is 59.5 Å². The van der Waals surface area contributed by atoms with Crippen molar-refractivity contribution < 1.29 is 13.9 Å². The molecule has 26 heavy (non-hydrogen) atoms. The van der Waals surface area contributed by atoms with Gasteiger partial charge in [0.15, 0.2) is 5.89 Å². The molecule has 2 aliphatic heterocycles. The van der Waals surface area contributed by atoms with Crippen molar-refractivity contribution in [3.05, 3.63) is 52.7 Å². The smallest absolute Gasteiger partial charge is 0.254 e. The largest absolute Gasteiger partial charge is 0.445 e. The first kappa shape index (κ1) is 17.3. The van der Waals surface area contributed by atoms with Crippen molar-refractivity contribution >= 4 is 5.91 Å². The van der Waals surface area contributed by atoms with Gasteiger partial charge < -0.3 is 14.1 Å². The molecule has 2 aliphatic rings. The van der Waals surface area contributed by atoms with E-state index in [1.807, 2.05) is 17.0 Å². The molecular formula is C21H26N2O3. The molecule has 0 N–H and O–H groups in total. The average Bonchev–Trinajstić information content (AvgIpc) is 3.30. The Hall–Kier alpha value is -2.14. The monoisotopic (exact) mass is 354 g/mol. The SMILES string of the molecule is CC(C)Cc1ccc(C(=O)N2CCc3oc(C4CCOC4)nc3C2)cc1. The zero-order valence-electron chi connectivity index (χ0n) is 15.5. The summed E-state index contributed by atoms with van der Waals surface area (Å²) < 4.78 is 11.4. The minimum Gasteiger partial charge on any atom is -0.445 e. The normalized spacial score (nSPS) is 19.8. The summed E-state index contributed by atoms with van der Waals surface area (Å²) in [6, 6.07) is 8.02. The van der Waals surface area contributed by atoms with E-state index in [-0.39, 0.29) is 11.8 Å². The number of benzene rings is 1. The maximum absolute atomic E-state index is 12.9. The second-order valence-corrected chi connectivity index (χ2v) is 7.75. The lowest BCUT2D eigenvalue weighted by Crippen LogP contribution is -2.35. The fourth-order valence-electron chi connectivity index (χ4n) is 3.73. The zero-order valence-corrected chi connectivity index (χ0v) is 15.5. The number of nitrogens with zero attached hydrogens (tertiary/aromatic N) is 2. The summed E-state index contributed by atoms with van der Waals surface area (Å²) in [6.07, 6.45) is 2.73. The summed E-state index contributed by atoms with van der Waals surface area (Å²) in [6.45, 7) is 7.07. The van der Waals surface area contributed by atoms with E-state index in [1.54, 1.807) is 0 Å². The lowest BCUT2D eigenvalue weighted by Gasteiger charge is -2.25. The van der Waals surface area contributed by atoms with Crippen LogP contribution in [0.4, 0.5) is 0 Å². The highest BCUT2D eigenvalue weighted by molar-refractivity contribution is 5.94. The zero-order chi connectivity index (χ0) is 18.1. The molecule has 0 radical (unpaired) electrons. The Kier molecular flexibility index (Phi) is 4.81. The van der Waals surface area contributed by atoms with E-state index in [9.17, 15) is 4.79 Å². The maximum atomic E-state index is 12.9. The molecule has 1 saturated heterocycles. The van der Waals surface area contributed by atoms with Gasteiger partial charge in [-0.15, -0.1) is 0 Å². The number of amides is 1. The second-order valence-electron chi connectivity index (χ2n) is 7.75. The lowest BCUT2D eigenvalue weighted by molar-refractivity contribution is 0.0728. The molecule has 138 valence electrons. The third kappa shape index (κ3) is 3.54. The Bertz CT molecular complexity index is 773. The molecule has 0 spiro atoms. The molecule has 1 unspecified atom stereocenters.